The highest BCUT2D eigenvalue weighted by Crippen LogP contribution is 2.29. The fourth-order valence-corrected chi connectivity index (χ4v) is 4.19. The van der Waals surface area contributed by atoms with Gasteiger partial charge in [-0.1, -0.05) is 77.2 Å². The van der Waals surface area contributed by atoms with Crippen LogP contribution in [0.3, 0.4) is 0 Å². The topological polar surface area (TPSA) is 83.8 Å². The van der Waals surface area contributed by atoms with Crippen LogP contribution in [-0.4, -0.2) is 18.1 Å². The second-order valence-corrected chi connectivity index (χ2v) is 9.59. The molecule has 0 amide bonds. The lowest BCUT2D eigenvalue weighted by Gasteiger charge is -2.10. The molecule has 0 bridgehead atoms. The molecule has 2 aromatic rings. The van der Waals surface area contributed by atoms with Gasteiger partial charge in [-0.15, -0.1) is 0 Å². The monoisotopic (exact) mass is 448 g/mol. The van der Waals surface area contributed by atoms with E-state index < -0.39 is 10.1 Å². The van der Waals surface area contributed by atoms with Gasteiger partial charge in [-0.2, -0.15) is 8.42 Å². The molecule has 2 rings (SSSR count). The summed E-state index contributed by atoms with van der Waals surface area (Å²) in [5.41, 5.74) is 0.983. The van der Waals surface area contributed by atoms with Crippen LogP contribution in [0.5, 0.6) is 17.2 Å². The van der Waals surface area contributed by atoms with Crippen LogP contribution in [0.2, 0.25) is 0 Å². The summed E-state index contributed by atoms with van der Waals surface area (Å²) in [5, 5.41) is 10.0. The third-order valence-electron chi connectivity index (χ3n) is 5.36. The Morgan fingerprint density at radius 2 is 1.39 bits per heavy atom. The van der Waals surface area contributed by atoms with E-state index in [4.69, 9.17) is 4.74 Å². The molecule has 0 aliphatic carbocycles. The lowest BCUT2D eigenvalue weighted by atomic mass is 10.0. The average molecular weight is 449 g/mol. The molecule has 0 saturated carbocycles. The number of benzene rings is 2. The fourth-order valence-electron chi connectivity index (χ4n) is 3.67. The van der Waals surface area contributed by atoms with Gasteiger partial charge in [0.15, 0.2) is 0 Å². The molecule has 5 nitrogen and oxygen atoms in total. The highest BCUT2D eigenvalue weighted by atomic mass is 32.2. The standard InChI is InChI=1S/C25H36O5S/c1-2-3-4-5-6-7-8-9-10-11-12-14-21-17-22(26)19-24(18-21)30-23-15-13-16-25(20-23)31(27,28)29/h13,15-20,26H,2-12,14H2,1H3,(H,27,28,29). The number of rotatable bonds is 15. The van der Waals surface area contributed by atoms with Crippen molar-refractivity contribution in [3.05, 3.63) is 48.0 Å². The van der Waals surface area contributed by atoms with Gasteiger partial charge in [0.05, 0.1) is 4.90 Å². The second-order valence-electron chi connectivity index (χ2n) is 8.17. The summed E-state index contributed by atoms with van der Waals surface area (Å²) in [6, 6.07) is 10.7. The minimum absolute atomic E-state index is 0.113. The van der Waals surface area contributed by atoms with E-state index in [0.717, 1.165) is 24.8 Å². The first kappa shape index (κ1) is 25.2. The number of aromatic hydroxyl groups is 1. The summed E-state index contributed by atoms with van der Waals surface area (Å²) in [4.78, 5) is -0.230. The molecular weight excluding hydrogens is 412 g/mol. The minimum atomic E-state index is -4.29. The third-order valence-corrected chi connectivity index (χ3v) is 6.21. The Bertz CT molecular complexity index is 893. The summed E-state index contributed by atoms with van der Waals surface area (Å²) in [7, 11) is -4.29. The van der Waals surface area contributed by atoms with Crippen molar-refractivity contribution in [1.29, 1.82) is 0 Å². The van der Waals surface area contributed by atoms with E-state index in [9.17, 15) is 18.1 Å². The van der Waals surface area contributed by atoms with Gasteiger partial charge in [-0.25, -0.2) is 0 Å². The molecule has 0 aliphatic heterocycles. The van der Waals surface area contributed by atoms with Gasteiger partial charge in [-0.05, 0) is 42.7 Å². The van der Waals surface area contributed by atoms with Crippen LogP contribution in [-0.2, 0) is 16.5 Å². The highest BCUT2D eigenvalue weighted by molar-refractivity contribution is 7.85. The molecular formula is C25H36O5S. The number of phenols is 1. The Hall–Kier alpha value is -2.05. The molecule has 31 heavy (non-hydrogen) atoms. The van der Waals surface area contributed by atoms with Gasteiger partial charge in [0, 0.05) is 12.1 Å². The first-order chi connectivity index (χ1) is 14.9. The second kappa shape index (κ2) is 13.4. The van der Waals surface area contributed by atoms with Crippen LogP contribution < -0.4 is 4.74 Å². The van der Waals surface area contributed by atoms with Crippen LogP contribution in [0.15, 0.2) is 47.4 Å². The summed E-state index contributed by atoms with van der Waals surface area (Å²) in [5.74, 6) is 0.827. The van der Waals surface area contributed by atoms with Crippen LogP contribution in [0.25, 0.3) is 0 Å². The zero-order valence-corrected chi connectivity index (χ0v) is 19.4. The molecule has 0 heterocycles. The largest absolute Gasteiger partial charge is 0.508 e. The number of hydrogen-bond donors (Lipinski definition) is 2. The predicted molar refractivity (Wildman–Crippen MR) is 125 cm³/mol. The number of ether oxygens (including phenoxy) is 1. The van der Waals surface area contributed by atoms with Crippen molar-refractivity contribution in [2.24, 2.45) is 0 Å². The molecule has 172 valence electrons. The average Bonchev–Trinajstić information content (AvgIpc) is 2.71. The van der Waals surface area contributed by atoms with E-state index in [1.54, 1.807) is 12.1 Å². The van der Waals surface area contributed by atoms with Crippen LogP contribution in [0, 0.1) is 0 Å². The van der Waals surface area contributed by atoms with Crippen molar-refractivity contribution in [2.75, 3.05) is 0 Å². The molecule has 0 aliphatic rings. The number of unbranched alkanes of at least 4 members (excludes halogenated alkanes) is 10. The van der Waals surface area contributed by atoms with Crippen molar-refractivity contribution >= 4 is 10.1 Å². The van der Waals surface area contributed by atoms with Crippen molar-refractivity contribution in [2.45, 2.75) is 88.9 Å². The molecule has 0 fully saturated rings. The first-order valence-electron chi connectivity index (χ1n) is 11.5. The lowest BCUT2D eigenvalue weighted by molar-refractivity contribution is 0.451. The van der Waals surface area contributed by atoms with E-state index in [-0.39, 0.29) is 16.4 Å². The molecule has 2 N–H and O–H groups in total. The Morgan fingerprint density at radius 3 is 2.00 bits per heavy atom. The van der Waals surface area contributed by atoms with E-state index in [0.29, 0.717) is 5.75 Å². The van der Waals surface area contributed by atoms with Crippen molar-refractivity contribution in [3.63, 3.8) is 0 Å². The Morgan fingerprint density at radius 1 is 0.774 bits per heavy atom. The molecule has 0 unspecified atom stereocenters. The van der Waals surface area contributed by atoms with Gasteiger partial charge >= 0.3 is 0 Å². The Kier molecular flexibility index (Phi) is 10.9. The van der Waals surface area contributed by atoms with E-state index in [2.05, 4.69) is 6.92 Å². The molecule has 0 spiro atoms. The van der Waals surface area contributed by atoms with Gasteiger partial charge in [0.25, 0.3) is 10.1 Å². The molecule has 0 aromatic heterocycles. The number of hydrogen-bond acceptors (Lipinski definition) is 4. The van der Waals surface area contributed by atoms with Crippen LogP contribution in [0.4, 0.5) is 0 Å². The van der Waals surface area contributed by atoms with Gasteiger partial charge in [0.1, 0.15) is 17.2 Å². The van der Waals surface area contributed by atoms with Gasteiger partial charge in [-0.3, -0.25) is 4.55 Å². The SMILES string of the molecule is CCCCCCCCCCCCCc1cc(O)cc(Oc2cccc(S(=O)(=O)O)c2)c1. The zero-order chi connectivity index (χ0) is 22.5. The third kappa shape index (κ3) is 10.2. The molecule has 0 atom stereocenters. The molecule has 2 aromatic carbocycles. The predicted octanol–water partition coefficient (Wildman–Crippen LogP) is 7.28. The first-order valence-corrected chi connectivity index (χ1v) is 12.9. The molecule has 0 saturated heterocycles. The summed E-state index contributed by atoms with van der Waals surface area (Å²) < 4.78 is 37.5. The van der Waals surface area contributed by atoms with Crippen molar-refractivity contribution < 1.29 is 22.8 Å². The van der Waals surface area contributed by atoms with E-state index in [1.807, 2.05) is 6.07 Å². The Labute approximate surface area is 187 Å². The fraction of sp³-hybridized carbons (Fsp3) is 0.520. The van der Waals surface area contributed by atoms with Gasteiger partial charge < -0.3 is 9.84 Å². The maximum Gasteiger partial charge on any atom is 0.294 e. The summed E-state index contributed by atoms with van der Waals surface area (Å²) >= 11 is 0. The minimum Gasteiger partial charge on any atom is -0.508 e. The maximum atomic E-state index is 11.3. The van der Waals surface area contributed by atoms with Crippen LogP contribution in [0.1, 0.15) is 83.1 Å². The number of aryl methyl sites for hydroxylation is 1. The van der Waals surface area contributed by atoms with Crippen molar-refractivity contribution in [1.82, 2.24) is 0 Å². The Balaban J connectivity index is 1.74. The van der Waals surface area contributed by atoms with Gasteiger partial charge in [0.2, 0.25) is 0 Å². The lowest BCUT2D eigenvalue weighted by Crippen LogP contribution is -1.98. The maximum absolute atomic E-state index is 11.3. The molecule has 0 radical (unpaired) electrons. The number of phenolic OH excluding ortho intramolecular Hbond substituents is 1. The van der Waals surface area contributed by atoms with Crippen LogP contribution >= 0.6 is 0 Å². The normalized spacial score (nSPS) is 11.5. The highest BCUT2D eigenvalue weighted by Gasteiger charge is 2.11. The summed E-state index contributed by atoms with van der Waals surface area (Å²) in [6.45, 7) is 2.25. The smallest absolute Gasteiger partial charge is 0.294 e. The van der Waals surface area contributed by atoms with Crippen molar-refractivity contribution in [3.8, 4) is 17.2 Å². The zero-order valence-electron chi connectivity index (χ0n) is 18.6. The van der Waals surface area contributed by atoms with E-state index in [1.165, 1.54) is 82.1 Å². The molecule has 6 heteroatoms. The summed E-state index contributed by atoms with van der Waals surface area (Å²) in [6.07, 6.45) is 15.0. The van der Waals surface area contributed by atoms with E-state index >= 15 is 0 Å². The quantitative estimate of drug-likeness (QED) is 0.221.